The molecule has 0 radical (unpaired) electrons. The standard InChI is InChI=1S/C16H16ClN3O3/c17-12-4-2-11(3-5-12)13-8-19(9-14(13)16(22)23)15(21)10-20-7-1-6-18-20/h1-7,13-14H,8-10H2,(H,22,23)/t13-,14+/m0/s1. The maximum atomic E-state index is 12.4. The zero-order valence-corrected chi connectivity index (χ0v) is 13.1. The van der Waals surface area contributed by atoms with Crippen LogP contribution in [0.4, 0.5) is 0 Å². The predicted octanol–water partition coefficient (Wildman–Crippen LogP) is 1.86. The molecule has 0 bridgehead atoms. The SMILES string of the molecule is O=C(O)[C@@H]1CN(C(=O)Cn2cccn2)C[C@H]1c1ccc(Cl)cc1. The fraction of sp³-hybridized carbons (Fsp3) is 0.312. The quantitative estimate of drug-likeness (QED) is 0.926. The Balaban J connectivity index is 1.76. The molecule has 0 aliphatic carbocycles. The van der Waals surface area contributed by atoms with Gasteiger partial charge in [-0.05, 0) is 23.8 Å². The minimum atomic E-state index is -0.890. The first kappa shape index (κ1) is 15.6. The van der Waals surface area contributed by atoms with E-state index in [1.807, 2.05) is 12.1 Å². The van der Waals surface area contributed by atoms with E-state index >= 15 is 0 Å². The molecule has 2 heterocycles. The molecule has 6 nitrogen and oxygen atoms in total. The van der Waals surface area contributed by atoms with Crippen molar-refractivity contribution >= 4 is 23.5 Å². The highest BCUT2D eigenvalue weighted by atomic mass is 35.5. The fourth-order valence-electron chi connectivity index (χ4n) is 2.94. The van der Waals surface area contributed by atoms with Crippen LogP contribution in [-0.2, 0) is 16.1 Å². The first-order chi connectivity index (χ1) is 11.0. The van der Waals surface area contributed by atoms with Crippen LogP contribution in [0.3, 0.4) is 0 Å². The fourth-order valence-corrected chi connectivity index (χ4v) is 3.06. The third-order valence-corrected chi connectivity index (χ3v) is 4.40. The van der Waals surface area contributed by atoms with Gasteiger partial charge in [-0.1, -0.05) is 23.7 Å². The number of carbonyl (C=O) groups excluding carboxylic acids is 1. The first-order valence-electron chi connectivity index (χ1n) is 7.28. The van der Waals surface area contributed by atoms with Gasteiger partial charge in [0.25, 0.3) is 0 Å². The summed E-state index contributed by atoms with van der Waals surface area (Å²) >= 11 is 5.89. The van der Waals surface area contributed by atoms with Gasteiger partial charge in [0.15, 0.2) is 0 Å². The summed E-state index contributed by atoms with van der Waals surface area (Å²) in [5.41, 5.74) is 0.885. The Bertz CT molecular complexity index is 700. The Labute approximate surface area is 138 Å². The molecule has 2 aromatic rings. The van der Waals surface area contributed by atoms with E-state index in [1.165, 1.54) is 4.68 Å². The van der Waals surface area contributed by atoms with E-state index in [9.17, 15) is 14.7 Å². The first-order valence-corrected chi connectivity index (χ1v) is 7.66. The lowest BCUT2D eigenvalue weighted by Gasteiger charge is -2.16. The number of carbonyl (C=O) groups is 2. The summed E-state index contributed by atoms with van der Waals surface area (Å²) in [6.45, 7) is 0.716. The highest BCUT2D eigenvalue weighted by molar-refractivity contribution is 6.30. The van der Waals surface area contributed by atoms with Crippen LogP contribution < -0.4 is 0 Å². The molecule has 23 heavy (non-hydrogen) atoms. The number of benzene rings is 1. The number of likely N-dealkylation sites (tertiary alicyclic amines) is 1. The van der Waals surface area contributed by atoms with Gasteiger partial charge in [0.2, 0.25) is 5.91 Å². The molecule has 1 N–H and O–H groups in total. The van der Waals surface area contributed by atoms with Crippen molar-refractivity contribution < 1.29 is 14.7 Å². The average Bonchev–Trinajstić information content (AvgIpc) is 3.17. The van der Waals surface area contributed by atoms with Crippen molar-refractivity contribution in [3.05, 3.63) is 53.3 Å². The number of hydrogen-bond donors (Lipinski definition) is 1. The van der Waals surface area contributed by atoms with Gasteiger partial charge in [0.05, 0.1) is 5.92 Å². The number of nitrogens with zero attached hydrogens (tertiary/aromatic N) is 3. The molecule has 0 saturated carbocycles. The highest BCUT2D eigenvalue weighted by Gasteiger charge is 2.40. The summed E-state index contributed by atoms with van der Waals surface area (Å²) in [4.78, 5) is 25.5. The lowest BCUT2D eigenvalue weighted by atomic mass is 9.89. The van der Waals surface area contributed by atoms with Crippen molar-refractivity contribution in [3.63, 3.8) is 0 Å². The number of carboxylic acids is 1. The van der Waals surface area contributed by atoms with Crippen LogP contribution in [0.15, 0.2) is 42.7 Å². The summed E-state index contributed by atoms with van der Waals surface area (Å²) < 4.78 is 1.54. The van der Waals surface area contributed by atoms with Crippen LogP contribution in [0.5, 0.6) is 0 Å². The van der Waals surface area contributed by atoms with E-state index in [4.69, 9.17) is 11.6 Å². The monoisotopic (exact) mass is 333 g/mol. The van der Waals surface area contributed by atoms with Gasteiger partial charge in [-0.15, -0.1) is 0 Å². The molecular weight excluding hydrogens is 318 g/mol. The molecule has 3 rings (SSSR count). The maximum Gasteiger partial charge on any atom is 0.308 e. The second-order valence-corrected chi connectivity index (χ2v) is 6.04. The topological polar surface area (TPSA) is 75.4 Å². The van der Waals surface area contributed by atoms with Crippen LogP contribution in [0.1, 0.15) is 11.5 Å². The van der Waals surface area contributed by atoms with Gasteiger partial charge in [-0.25, -0.2) is 0 Å². The molecule has 1 amide bonds. The highest BCUT2D eigenvalue weighted by Crippen LogP contribution is 2.33. The third-order valence-electron chi connectivity index (χ3n) is 4.14. The minimum Gasteiger partial charge on any atom is -0.481 e. The van der Waals surface area contributed by atoms with E-state index < -0.39 is 11.9 Å². The van der Waals surface area contributed by atoms with Crippen molar-refractivity contribution in [2.75, 3.05) is 13.1 Å². The van der Waals surface area contributed by atoms with E-state index in [0.717, 1.165) is 5.56 Å². The lowest BCUT2D eigenvalue weighted by molar-refractivity contribution is -0.141. The molecule has 1 aromatic heterocycles. The van der Waals surface area contributed by atoms with Crippen LogP contribution >= 0.6 is 11.6 Å². The van der Waals surface area contributed by atoms with E-state index in [0.29, 0.717) is 11.6 Å². The predicted molar refractivity (Wildman–Crippen MR) is 84.1 cm³/mol. The average molecular weight is 334 g/mol. The molecule has 1 aromatic carbocycles. The molecule has 0 unspecified atom stereocenters. The third kappa shape index (κ3) is 3.37. The van der Waals surface area contributed by atoms with Crippen LogP contribution in [0.25, 0.3) is 0 Å². The number of carboxylic acid groups (broad SMARTS) is 1. The van der Waals surface area contributed by atoms with Gasteiger partial charge in [-0.3, -0.25) is 14.3 Å². The molecule has 120 valence electrons. The van der Waals surface area contributed by atoms with Crippen molar-refractivity contribution in [2.24, 2.45) is 5.92 Å². The Kier molecular flexibility index (Phi) is 4.34. The van der Waals surface area contributed by atoms with Gasteiger partial charge in [0.1, 0.15) is 6.54 Å². The molecule has 1 aliphatic rings. The van der Waals surface area contributed by atoms with E-state index in [1.54, 1.807) is 35.5 Å². The number of rotatable bonds is 4. The lowest BCUT2D eigenvalue weighted by Crippen LogP contribution is -2.32. The largest absolute Gasteiger partial charge is 0.481 e. The molecule has 1 fully saturated rings. The van der Waals surface area contributed by atoms with Crippen molar-refractivity contribution in [2.45, 2.75) is 12.5 Å². The van der Waals surface area contributed by atoms with Gasteiger partial charge < -0.3 is 10.0 Å². The molecule has 7 heteroatoms. The van der Waals surface area contributed by atoms with Gasteiger partial charge in [0, 0.05) is 36.4 Å². The molecule has 2 atom stereocenters. The summed E-state index contributed by atoms with van der Waals surface area (Å²) in [5.74, 6) is -1.86. The molecule has 1 saturated heterocycles. The molecule has 1 aliphatic heterocycles. The second-order valence-electron chi connectivity index (χ2n) is 5.61. The van der Waals surface area contributed by atoms with Crippen molar-refractivity contribution in [1.29, 1.82) is 0 Å². The minimum absolute atomic E-state index is 0.118. The zero-order chi connectivity index (χ0) is 16.4. The van der Waals surface area contributed by atoms with Crippen molar-refractivity contribution in [1.82, 2.24) is 14.7 Å². The van der Waals surface area contributed by atoms with Crippen molar-refractivity contribution in [3.8, 4) is 0 Å². The van der Waals surface area contributed by atoms with Gasteiger partial charge >= 0.3 is 5.97 Å². The van der Waals surface area contributed by atoms with E-state index in [2.05, 4.69) is 5.10 Å². The van der Waals surface area contributed by atoms with E-state index in [-0.39, 0.29) is 24.9 Å². The molecular formula is C16H16ClN3O3. The number of halogens is 1. The Morgan fingerprint density at radius 2 is 2.00 bits per heavy atom. The Morgan fingerprint density at radius 3 is 2.61 bits per heavy atom. The smallest absolute Gasteiger partial charge is 0.308 e. The Morgan fingerprint density at radius 1 is 1.26 bits per heavy atom. The van der Waals surface area contributed by atoms with Crippen LogP contribution in [-0.4, -0.2) is 44.8 Å². The van der Waals surface area contributed by atoms with Crippen LogP contribution in [0.2, 0.25) is 5.02 Å². The Hall–Kier alpha value is -2.34. The second kappa shape index (κ2) is 6.42. The number of amides is 1. The summed E-state index contributed by atoms with van der Waals surface area (Å²) in [5, 5.41) is 14.1. The normalized spacial score (nSPS) is 20.7. The zero-order valence-electron chi connectivity index (χ0n) is 12.3. The number of hydrogen-bond acceptors (Lipinski definition) is 3. The molecule has 0 spiro atoms. The summed E-state index contributed by atoms with van der Waals surface area (Å²) in [6, 6.07) is 8.87. The number of aliphatic carboxylic acids is 1. The van der Waals surface area contributed by atoms with Gasteiger partial charge in [-0.2, -0.15) is 5.10 Å². The summed E-state index contributed by atoms with van der Waals surface area (Å²) in [6.07, 6.45) is 3.31. The maximum absolute atomic E-state index is 12.4. The van der Waals surface area contributed by atoms with Crippen LogP contribution in [0, 0.1) is 5.92 Å². The number of aromatic nitrogens is 2. The summed E-state index contributed by atoms with van der Waals surface area (Å²) in [7, 11) is 0.